The third-order valence-electron chi connectivity index (χ3n) is 4.43. The van der Waals surface area contributed by atoms with Gasteiger partial charge in [0.05, 0.1) is 13.3 Å². The van der Waals surface area contributed by atoms with E-state index in [1.54, 1.807) is 0 Å². The topological polar surface area (TPSA) is 26.3 Å². The average molecular weight is 361 g/mol. The summed E-state index contributed by atoms with van der Waals surface area (Å²) in [7, 11) is -0.511. The molecule has 26 heavy (non-hydrogen) atoms. The molecule has 0 amide bonds. The quantitative estimate of drug-likeness (QED) is 0.380. The first kappa shape index (κ1) is 18.1. The van der Waals surface area contributed by atoms with Crippen molar-refractivity contribution in [2.24, 2.45) is 0 Å². The molecule has 130 valence electrons. The molecule has 0 N–H and O–H groups in total. The highest BCUT2D eigenvalue weighted by atomic mass is 31.2. The Morgan fingerprint density at radius 1 is 0.769 bits per heavy atom. The van der Waals surface area contributed by atoms with Crippen LogP contribution >= 0.6 is 7.26 Å². The van der Waals surface area contributed by atoms with Crippen LogP contribution in [0, 0.1) is 0 Å². The molecule has 0 fully saturated rings. The lowest BCUT2D eigenvalue weighted by atomic mass is 10.4. The zero-order valence-electron chi connectivity index (χ0n) is 14.8. The van der Waals surface area contributed by atoms with E-state index in [1.807, 2.05) is 24.3 Å². The molecule has 0 bridgehead atoms. The third kappa shape index (κ3) is 3.76. The Balaban J connectivity index is 2.21. The first-order valence-corrected chi connectivity index (χ1v) is 10.5. The molecule has 0 unspecified atom stereocenters. The van der Waals surface area contributed by atoms with Crippen LogP contribution < -0.4 is 15.9 Å². The van der Waals surface area contributed by atoms with Crippen LogP contribution in [-0.2, 0) is 9.53 Å². The number of hydrogen-bond acceptors (Lipinski definition) is 2. The van der Waals surface area contributed by atoms with Gasteiger partial charge in [-0.3, -0.25) is 0 Å². The number of ether oxygens (including phenoxy) is 1. The summed E-state index contributed by atoms with van der Waals surface area (Å²) in [6.45, 7) is 0. The Labute approximate surface area is 155 Å². The van der Waals surface area contributed by atoms with Gasteiger partial charge in [-0.15, -0.1) is 0 Å². The summed E-state index contributed by atoms with van der Waals surface area (Å²) < 4.78 is 4.77. The van der Waals surface area contributed by atoms with Crippen LogP contribution in [0.15, 0.2) is 103 Å². The predicted molar refractivity (Wildman–Crippen MR) is 111 cm³/mol. The largest absolute Gasteiger partial charge is 0.466 e. The number of rotatable bonds is 6. The number of esters is 1. The highest BCUT2D eigenvalue weighted by molar-refractivity contribution is 7.95. The maximum atomic E-state index is 11.6. The first-order chi connectivity index (χ1) is 12.8. The third-order valence-corrected chi connectivity index (χ3v) is 8.72. The van der Waals surface area contributed by atoms with Gasteiger partial charge in [0.1, 0.15) is 23.2 Å². The van der Waals surface area contributed by atoms with Gasteiger partial charge < -0.3 is 4.74 Å². The fraction of sp³-hybridized carbons (Fsp3) is 0.0870. The average Bonchev–Trinajstić information content (AvgIpc) is 2.73. The Hall–Kier alpha value is -2.70. The molecule has 0 aromatic heterocycles. The minimum Gasteiger partial charge on any atom is -0.466 e. The minimum atomic E-state index is -1.91. The van der Waals surface area contributed by atoms with Crippen molar-refractivity contribution in [3.05, 3.63) is 103 Å². The molecular formula is C23H22O2P+. The van der Waals surface area contributed by atoms with Crippen molar-refractivity contribution < 1.29 is 9.53 Å². The molecule has 0 aliphatic carbocycles. The maximum Gasteiger partial charge on any atom is 0.330 e. The maximum absolute atomic E-state index is 11.6. The predicted octanol–water partition coefficient (Wildman–Crippen LogP) is 3.71. The summed E-state index contributed by atoms with van der Waals surface area (Å²) in [4.78, 5) is 11.6. The molecule has 0 radical (unpaired) electrons. The molecule has 0 atom stereocenters. The molecule has 3 rings (SSSR count). The number of methoxy groups -OCH3 is 1. The second-order valence-corrected chi connectivity index (χ2v) is 9.46. The van der Waals surface area contributed by atoms with Gasteiger partial charge in [-0.25, -0.2) is 4.79 Å². The van der Waals surface area contributed by atoms with E-state index in [0.717, 1.165) is 6.16 Å². The van der Waals surface area contributed by atoms with E-state index in [-0.39, 0.29) is 5.97 Å². The van der Waals surface area contributed by atoms with Crippen LogP contribution in [0.5, 0.6) is 0 Å². The fourth-order valence-electron chi connectivity index (χ4n) is 3.19. The molecule has 0 aliphatic rings. The van der Waals surface area contributed by atoms with Crippen molar-refractivity contribution in [3.8, 4) is 0 Å². The summed E-state index contributed by atoms with van der Waals surface area (Å²) in [6, 6.07) is 31.8. The van der Waals surface area contributed by atoms with Gasteiger partial charge in [0.15, 0.2) is 0 Å². The molecule has 0 saturated heterocycles. The lowest BCUT2D eigenvalue weighted by Gasteiger charge is -2.26. The second-order valence-electron chi connectivity index (χ2n) is 5.92. The smallest absolute Gasteiger partial charge is 0.330 e. The number of carbonyl (C=O) groups excluding carboxylic acids is 1. The molecule has 3 heteroatoms. The van der Waals surface area contributed by atoms with Gasteiger partial charge >= 0.3 is 5.97 Å². The number of allylic oxidation sites excluding steroid dienone is 1. The molecule has 3 aromatic rings. The van der Waals surface area contributed by atoms with Gasteiger partial charge in [0.25, 0.3) is 0 Å². The zero-order chi connectivity index (χ0) is 18.2. The zero-order valence-corrected chi connectivity index (χ0v) is 15.7. The van der Waals surface area contributed by atoms with Crippen molar-refractivity contribution in [3.63, 3.8) is 0 Å². The van der Waals surface area contributed by atoms with Gasteiger partial charge in [-0.1, -0.05) is 54.6 Å². The second kappa shape index (κ2) is 8.60. The van der Waals surface area contributed by atoms with Gasteiger partial charge in [0, 0.05) is 6.08 Å². The lowest BCUT2D eigenvalue weighted by molar-refractivity contribution is -0.134. The van der Waals surface area contributed by atoms with E-state index < -0.39 is 7.26 Å². The monoisotopic (exact) mass is 361 g/mol. The Morgan fingerprint density at radius 2 is 1.15 bits per heavy atom. The molecule has 3 aromatic carbocycles. The van der Waals surface area contributed by atoms with Crippen LogP contribution in [0.3, 0.4) is 0 Å². The van der Waals surface area contributed by atoms with E-state index in [1.165, 1.54) is 29.1 Å². The SMILES string of the molecule is COC(=O)C=CC[P+](c1ccccc1)(c1ccccc1)c1ccccc1. The van der Waals surface area contributed by atoms with E-state index in [4.69, 9.17) is 4.74 Å². The standard InChI is InChI=1S/C23H22O2P/c1-25-23(24)18-11-19-26(20-12-5-2-6-13-20,21-14-7-3-8-15-21)22-16-9-4-10-17-22/h2-18H,19H2,1H3/q+1. The van der Waals surface area contributed by atoms with Crippen molar-refractivity contribution in [1.82, 2.24) is 0 Å². The highest BCUT2D eigenvalue weighted by Gasteiger charge is 2.44. The molecule has 2 nitrogen and oxygen atoms in total. The highest BCUT2D eigenvalue weighted by Crippen LogP contribution is 2.55. The number of hydrogen-bond donors (Lipinski definition) is 0. The van der Waals surface area contributed by atoms with Crippen molar-refractivity contribution in [2.75, 3.05) is 13.3 Å². The minimum absolute atomic E-state index is 0.322. The normalized spacial score (nSPS) is 11.4. The summed E-state index contributed by atoms with van der Waals surface area (Å²) in [6.07, 6.45) is 4.25. The van der Waals surface area contributed by atoms with Crippen LogP contribution in [0.2, 0.25) is 0 Å². The Kier molecular flexibility index (Phi) is 5.99. The van der Waals surface area contributed by atoms with E-state index >= 15 is 0 Å². The molecular weight excluding hydrogens is 339 g/mol. The molecule has 0 heterocycles. The van der Waals surface area contributed by atoms with Crippen molar-refractivity contribution >= 4 is 29.1 Å². The Bertz CT molecular complexity index is 762. The van der Waals surface area contributed by atoms with Crippen molar-refractivity contribution in [1.29, 1.82) is 0 Å². The molecule has 0 saturated carbocycles. The lowest BCUT2D eigenvalue weighted by Crippen LogP contribution is -2.32. The van der Waals surface area contributed by atoms with Crippen LogP contribution in [-0.4, -0.2) is 19.2 Å². The Morgan fingerprint density at radius 3 is 1.50 bits per heavy atom. The molecule has 0 spiro atoms. The van der Waals surface area contributed by atoms with E-state index in [2.05, 4.69) is 72.8 Å². The van der Waals surface area contributed by atoms with E-state index in [0.29, 0.717) is 0 Å². The molecule has 0 aliphatic heterocycles. The summed E-state index contributed by atoms with van der Waals surface area (Å²) in [5, 5.41) is 3.89. The summed E-state index contributed by atoms with van der Waals surface area (Å²) in [5.41, 5.74) is 0. The number of carbonyl (C=O) groups is 1. The van der Waals surface area contributed by atoms with Gasteiger partial charge in [-0.2, -0.15) is 0 Å². The summed E-state index contributed by atoms with van der Waals surface area (Å²) >= 11 is 0. The van der Waals surface area contributed by atoms with Gasteiger partial charge in [0.2, 0.25) is 0 Å². The van der Waals surface area contributed by atoms with E-state index in [9.17, 15) is 4.79 Å². The van der Waals surface area contributed by atoms with Crippen LogP contribution in [0.1, 0.15) is 0 Å². The fourth-order valence-corrected chi connectivity index (χ4v) is 7.18. The van der Waals surface area contributed by atoms with Crippen molar-refractivity contribution in [2.45, 2.75) is 0 Å². The summed E-state index contributed by atoms with van der Waals surface area (Å²) in [5.74, 6) is -0.322. The van der Waals surface area contributed by atoms with Gasteiger partial charge in [-0.05, 0) is 42.5 Å². The first-order valence-electron chi connectivity index (χ1n) is 8.57. The van der Waals surface area contributed by atoms with Crippen LogP contribution in [0.4, 0.5) is 0 Å². The number of benzene rings is 3. The van der Waals surface area contributed by atoms with Crippen LogP contribution in [0.25, 0.3) is 0 Å².